The van der Waals surface area contributed by atoms with Crippen LogP contribution in [0.15, 0.2) is 24.3 Å². The Labute approximate surface area is 109 Å². The second-order valence-corrected chi connectivity index (χ2v) is 5.25. The topological polar surface area (TPSA) is 12.5 Å². The van der Waals surface area contributed by atoms with Gasteiger partial charge >= 0.3 is 0 Å². The highest BCUT2D eigenvalue weighted by Gasteiger charge is 1.99. The highest BCUT2D eigenvalue weighted by atomic mass is 32.2. The quantitative estimate of drug-likeness (QED) is 0.661. The molecule has 0 N–H and O–H groups in total. The van der Waals surface area contributed by atoms with Gasteiger partial charge in [0.1, 0.15) is 5.75 Å². The largest absolute Gasteiger partial charge is 0.493 e. The van der Waals surface area contributed by atoms with Gasteiger partial charge in [-0.25, -0.2) is 0 Å². The Bertz CT molecular complexity index is 317. The molecule has 1 aromatic rings. The Kier molecular flexibility index (Phi) is 7.13. The lowest BCUT2D eigenvalue weighted by atomic mass is 10.2. The van der Waals surface area contributed by atoms with Crippen LogP contribution >= 0.6 is 11.8 Å². The lowest BCUT2D eigenvalue weighted by Crippen LogP contribution is -2.23. The molecule has 0 unspecified atom stereocenters. The molecule has 0 spiro atoms. The van der Waals surface area contributed by atoms with Gasteiger partial charge < -0.3 is 9.64 Å². The van der Waals surface area contributed by atoms with E-state index in [0.717, 1.165) is 31.9 Å². The van der Waals surface area contributed by atoms with Gasteiger partial charge in [0.25, 0.3) is 0 Å². The maximum Gasteiger partial charge on any atom is 0.122 e. The Morgan fingerprint density at radius 3 is 2.71 bits per heavy atom. The van der Waals surface area contributed by atoms with Crippen LogP contribution in [0, 0.1) is 6.92 Å². The predicted molar refractivity (Wildman–Crippen MR) is 77.2 cm³/mol. The van der Waals surface area contributed by atoms with E-state index < -0.39 is 0 Å². The van der Waals surface area contributed by atoms with Crippen molar-refractivity contribution in [1.29, 1.82) is 0 Å². The summed E-state index contributed by atoms with van der Waals surface area (Å²) in [5, 5.41) is 0. The monoisotopic (exact) mass is 253 g/mol. The molecule has 0 aliphatic heterocycles. The van der Waals surface area contributed by atoms with Crippen molar-refractivity contribution >= 4 is 11.8 Å². The Morgan fingerprint density at radius 1 is 1.24 bits per heavy atom. The van der Waals surface area contributed by atoms with Crippen LogP contribution in [-0.2, 0) is 0 Å². The standard InChI is InChI=1S/C14H23NOS/c1-13-7-4-5-8-14(13)16-11-6-9-15(2)10-12-17-3/h4-5,7-8H,6,9-12H2,1-3H3. The summed E-state index contributed by atoms with van der Waals surface area (Å²) in [6.45, 7) is 5.15. The van der Waals surface area contributed by atoms with Crippen molar-refractivity contribution in [3.8, 4) is 5.75 Å². The highest BCUT2D eigenvalue weighted by Crippen LogP contribution is 2.16. The van der Waals surface area contributed by atoms with Crippen molar-refractivity contribution in [3.63, 3.8) is 0 Å². The molecule has 0 bridgehead atoms. The summed E-state index contributed by atoms with van der Waals surface area (Å²) in [6.07, 6.45) is 3.23. The van der Waals surface area contributed by atoms with E-state index in [1.54, 1.807) is 0 Å². The van der Waals surface area contributed by atoms with E-state index in [0.29, 0.717) is 0 Å². The van der Waals surface area contributed by atoms with Gasteiger partial charge in [-0.3, -0.25) is 0 Å². The maximum absolute atomic E-state index is 5.76. The SMILES string of the molecule is CSCCN(C)CCCOc1ccccc1C. The molecule has 0 fully saturated rings. The third kappa shape index (κ3) is 5.99. The molecule has 0 amide bonds. The first-order valence-corrected chi connectivity index (χ1v) is 7.49. The van der Waals surface area contributed by atoms with Crippen molar-refractivity contribution in [2.24, 2.45) is 0 Å². The van der Waals surface area contributed by atoms with Gasteiger partial charge in [0.2, 0.25) is 0 Å². The van der Waals surface area contributed by atoms with Crippen molar-refractivity contribution < 1.29 is 4.74 Å². The number of aryl methyl sites for hydroxylation is 1. The van der Waals surface area contributed by atoms with Crippen LogP contribution in [0.2, 0.25) is 0 Å². The highest BCUT2D eigenvalue weighted by molar-refractivity contribution is 7.98. The molecular weight excluding hydrogens is 230 g/mol. The van der Waals surface area contributed by atoms with Crippen molar-refractivity contribution in [3.05, 3.63) is 29.8 Å². The maximum atomic E-state index is 5.76. The van der Waals surface area contributed by atoms with Crippen LogP contribution in [0.1, 0.15) is 12.0 Å². The van der Waals surface area contributed by atoms with Crippen LogP contribution in [-0.4, -0.2) is 43.7 Å². The molecular formula is C14H23NOS. The number of nitrogens with zero attached hydrogens (tertiary/aromatic N) is 1. The van der Waals surface area contributed by atoms with Crippen molar-refractivity contribution in [2.75, 3.05) is 38.8 Å². The zero-order valence-electron chi connectivity index (χ0n) is 11.1. The molecule has 0 saturated carbocycles. The summed E-state index contributed by atoms with van der Waals surface area (Å²) in [5.74, 6) is 2.22. The van der Waals surface area contributed by atoms with Crippen LogP contribution < -0.4 is 4.74 Å². The molecule has 0 radical (unpaired) electrons. The first kappa shape index (κ1) is 14.4. The Morgan fingerprint density at radius 2 is 2.00 bits per heavy atom. The van der Waals surface area contributed by atoms with Gasteiger partial charge in [-0.05, 0) is 38.3 Å². The van der Waals surface area contributed by atoms with Gasteiger partial charge in [0.05, 0.1) is 6.61 Å². The predicted octanol–water partition coefficient (Wildman–Crippen LogP) is 3.06. The average Bonchev–Trinajstić information content (AvgIpc) is 2.34. The molecule has 1 rings (SSSR count). The minimum Gasteiger partial charge on any atom is -0.493 e. The zero-order valence-corrected chi connectivity index (χ0v) is 11.9. The second kappa shape index (κ2) is 8.43. The number of benzene rings is 1. The van der Waals surface area contributed by atoms with E-state index in [9.17, 15) is 0 Å². The minimum atomic E-state index is 0.800. The first-order valence-electron chi connectivity index (χ1n) is 6.10. The number of ether oxygens (including phenoxy) is 1. The molecule has 0 heterocycles. The van der Waals surface area contributed by atoms with E-state index in [4.69, 9.17) is 4.74 Å². The van der Waals surface area contributed by atoms with Crippen LogP contribution in [0.5, 0.6) is 5.75 Å². The molecule has 2 nitrogen and oxygen atoms in total. The average molecular weight is 253 g/mol. The fourth-order valence-electron chi connectivity index (χ4n) is 1.59. The number of para-hydroxylation sites is 1. The summed E-state index contributed by atoms with van der Waals surface area (Å²) in [6, 6.07) is 8.18. The van der Waals surface area contributed by atoms with Gasteiger partial charge in [-0.2, -0.15) is 11.8 Å². The zero-order chi connectivity index (χ0) is 12.5. The molecule has 0 atom stereocenters. The Balaban J connectivity index is 2.14. The molecule has 0 aromatic heterocycles. The summed E-state index contributed by atoms with van der Waals surface area (Å²) in [4.78, 5) is 2.36. The summed E-state index contributed by atoms with van der Waals surface area (Å²) >= 11 is 1.90. The lowest BCUT2D eigenvalue weighted by Gasteiger charge is -2.16. The van der Waals surface area contributed by atoms with E-state index >= 15 is 0 Å². The minimum absolute atomic E-state index is 0.800. The van der Waals surface area contributed by atoms with E-state index in [2.05, 4.69) is 31.2 Å². The molecule has 0 aliphatic rings. The van der Waals surface area contributed by atoms with E-state index in [-0.39, 0.29) is 0 Å². The number of hydrogen-bond donors (Lipinski definition) is 0. The summed E-state index contributed by atoms with van der Waals surface area (Å²) < 4.78 is 5.76. The van der Waals surface area contributed by atoms with Gasteiger partial charge in [0.15, 0.2) is 0 Å². The normalized spacial score (nSPS) is 10.8. The lowest BCUT2D eigenvalue weighted by molar-refractivity contribution is 0.268. The number of rotatable bonds is 8. The second-order valence-electron chi connectivity index (χ2n) is 4.26. The molecule has 0 aliphatic carbocycles. The summed E-state index contributed by atoms with van der Waals surface area (Å²) in [7, 11) is 2.17. The third-order valence-corrected chi connectivity index (χ3v) is 3.30. The van der Waals surface area contributed by atoms with Gasteiger partial charge in [-0.1, -0.05) is 18.2 Å². The van der Waals surface area contributed by atoms with Crippen LogP contribution in [0.4, 0.5) is 0 Å². The van der Waals surface area contributed by atoms with Crippen molar-refractivity contribution in [1.82, 2.24) is 4.90 Å². The Hall–Kier alpha value is -0.670. The smallest absolute Gasteiger partial charge is 0.122 e. The fourth-order valence-corrected chi connectivity index (χ4v) is 2.09. The van der Waals surface area contributed by atoms with Crippen LogP contribution in [0.25, 0.3) is 0 Å². The number of thioether (sulfide) groups is 1. The van der Waals surface area contributed by atoms with Crippen LogP contribution in [0.3, 0.4) is 0 Å². The van der Waals surface area contributed by atoms with Crippen molar-refractivity contribution in [2.45, 2.75) is 13.3 Å². The first-order chi connectivity index (χ1) is 8.24. The molecule has 17 heavy (non-hydrogen) atoms. The molecule has 3 heteroatoms. The third-order valence-electron chi connectivity index (χ3n) is 2.71. The number of hydrogen-bond acceptors (Lipinski definition) is 3. The van der Waals surface area contributed by atoms with E-state index in [1.807, 2.05) is 30.0 Å². The van der Waals surface area contributed by atoms with Gasteiger partial charge in [-0.15, -0.1) is 0 Å². The molecule has 0 saturated heterocycles. The summed E-state index contributed by atoms with van der Waals surface area (Å²) in [5.41, 5.74) is 1.21. The fraction of sp³-hybridized carbons (Fsp3) is 0.571. The van der Waals surface area contributed by atoms with Gasteiger partial charge in [0, 0.05) is 18.8 Å². The molecule has 96 valence electrons. The molecule has 1 aromatic carbocycles. The van der Waals surface area contributed by atoms with E-state index in [1.165, 1.54) is 11.3 Å².